The molecule has 1 aliphatic heterocycles. The van der Waals surface area contributed by atoms with Gasteiger partial charge in [-0.05, 0) is 11.0 Å². The van der Waals surface area contributed by atoms with Gasteiger partial charge in [-0.25, -0.2) is 4.79 Å². The smallest absolute Gasteiger partial charge is 0.329 e. The van der Waals surface area contributed by atoms with E-state index in [1.165, 1.54) is 5.41 Å². The van der Waals surface area contributed by atoms with Crippen LogP contribution in [0.4, 0.5) is 0 Å². The fraction of sp³-hybridized carbons (Fsp3) is 0.214. The van der Waals surface area contributed by atoms with Crippen molar-refractivity contribution in [3.05, 3.63) is 46.3 Å². The molecule has 3 atom stereocenters. The van der Waals surface area contributed by atoms with Crippen molar-refractivity contribution < 1.29 is 19.5 Å². The number of rotatable bonds is 5. The number of carbonyl (C=O) groups excluding carboxylic acids is 2. The molecule has 5 N–H and O–H groups in total. The van der Waals surface area contributed by atoms with Crippen molar-refractivity contribution >= 4 is 41.1 Å². The Labute approximate surface area is 141 Å². The van der Waals surface area contributed by atoms with E-state index in [0.717, 1.165) is 11.8 Å². The van der Waals surface area contributed by atoms with Crippen LogP contribution in [0.5, 0.6) is 0 Å². The first kappa shape index (κ1) is 17.3. The van der Waals surface area contributed by atoms with Gasteiger partial charge in [0.25, 0.3) is 5.91 Å². The summed E-state index contributed by atoms with van der Waals surface area (Å²) in [6.45, 7) is 0. The van der Waals surface area contributed by atoms with Crippen molar-refractivity contribution in [1.29, 1.82) is 0 Å². The third-order valence-corrected chi connectivity index (χ3v) is 4.58. The molecular weight excluding hydrogens is 342 g/mol. The van der Waals surface area contributed by atoms with Crippen LogP contribution in [0, 0.1) is 0 Å². The molecule has 0 aromatic heterocycles. The van der Waals surface area contributed by atoms with Gasteiger partial charge in [0.05, 0.1) is 0 Å². The van der Waals surface area contributed by atoms with E-state index in [1.807, 2.05) is 0 Å². The van der Waals surface area contributed by atoms with Crippen molar-refractivity contribution in [2.45, 2.75) is 17.5 Å². The van der Waals surface area contributed by atoms with Gasteiger partial charge in [0.2, 0.25) is 5.91 Å². The van der Waals surface area contributed by atoms with Crippen LogP contribution in [0.25, 0.3) is 0 Å². The number of hydrogen-bond acceptors (Lipinski definition) is 5. The fourth-order valence-electron chi connectivity index (χ4n) is 1.90. The van der Waals surface area contributed by atoms with E-state index in [2.05, 4.69) is 10.6 Å². The van der Waals surface area contributed by atoms with E-state index < -0.39 is 35.2 Å². The molecule has 1 aromatic rings. The maximum Gasteiger partial charge on any atom is 0.329 e. The third kappa shape index (κ3) is 4.25. The van der Waals surface area contributed by atoms with Crippen molar-refractivity contribution in [1.82, 2.24) is 10.6 Å². The first-order valence-electron chi connectivity index (χ1n) is 6.56. The van der Waals surface area contributed by atoms with E-state index in [-0.39, 0.29) is 5.03 Å². The first-order valence-corrected chi connectivity index (χ1v) is 7.88. The largest absolute Gasteiger partial charge is 0.480 e. The lowest BCUT2D eigenvalue weighted by molar-refractivity contribution is -0.142. The van der Waals surface area contributed by atoms with Crippen LogP contribution in [0.3, 0.4) is 0 Å². The first-order chi connectivity index (χ1) is 10.9. The Hall–Kier alpha value is -2.03. The minimum Gasteiger partial charge on any atom is -0.480 e. The van der Waals surface area contributed by atoms with E-state index >= 15 is 0 Å². The average Bonchev–Trinajstić information content (AvgIpc) is 2.55. The second-order valence-electron chi connectivity index (χ2n) is 4.71. The molecule has 2 unspecified atom stereocenters. The highest BCUT2D eigenvalue weighted by Crippen LogP contribution is 2.24. The van der Waals surface area contributed by atoms with E-state index in [4.69, 9.17) is 17.3 Å². The number of carboxylic acid groups (broad SMARTS) is 1. The van der Waals surface area contributed by atoms with Crippen LogP contribution in [-0.2, 0) is 14.4 Å². The Kier molecular flexibility index (Phi) is 5.64. The zero-order valence-corrected chi connectivity index (χ0v) is 13.3. The molecule has 9 heteroatoms. The van der Waals surface area contributed by atoms with Gasteiger partial charge in [0.1, 0.15) is 16.4 Å². The maximum absolute atomic E-state index is 12.2. The lowest BCUT2D eigenvalue weighted by Crippen LogP contribution is -2.56. The van der Waals surface area contributed by atoms with Gasteiger partial charge in [-0.2, -0.15) is 0 Å². The van der Waals surface area contributed by atoms with E-state index in [1.54, 1.807) is 30.3 Å². The third-order valence-electron chi connectivity index (χ3n) is 3.12. The maximum atomic E-state index is 12.2. The highest BCUT2D eigenvalue weighted by atomic mass is 35.5. The van der Waals surface area contributed by atoms with Crippen molar-refractivity contribution in [2.75, 3.05) is 0 Å². The zero-order valence-electron chi connectivity index (χ0n) is 11.7. The minimum absolute atomic E-state index is 0.0392. The van der Waals surface area contributed by atoms with E-state index in [9.17, 15) is 19.5 Å². The normalized spacial score (nSPS) is 20.0. The number of aliphatic carboxylic acids is 1. The second kappa shape index (κ2) is 7.49. The van der Waals surface area contributed by atoms with Gasteiger partial charge in [0.15, 0.2) is 6.04 Å². The Morgan fingerprint density at radius 2 is 2.00 bits per heavy atom. The molecule has 2 amide bonds. The Morgan fingerprint density at radius 1 is 1.35 bits per heavy atom. The van der Waals surface area contributed by atoms with Crippen LogP contribution in [-0.4, -0.2) is 34.3 Å². The van der Waals surface area contributed by atoms with Crippen LogP contribution < -0.4 is 16.4 Å². The Balaban J connectivity index is 2.09. The number of amides is 2. The summed E-state index contributed by atoms with van der Waals surface area (Å²) in [5, 5.41) is 14.5. The Morgan fingerprint density at radius 3 is 2.57 bits per heavy atom. The van der Waals surface area contributed by atoms with Gasteiger partial charge < -0.3 is 21.5 Å². The summed E-state index contributed by atoms with van der Waals surface area (Å²) in [5.74, 6) is -2.54. The van der Waals surface area contributed by atoms with Crippen LogP contribution in [0.2, 0.25) is 0 Å². The number of nitrogens with one attached hydrogen (secondary N) is 2. The monoisotopic (exact) mass is 355 g/mol. The lowest BCUT2D eigenvalue weighted by atomic mass is 10.1. The molecule has 1 aliphatic rings. The zero-order chi connectivity index (χ0) is 17.0. The lowest BCUT2D eigenvalue weighted by Gasteiger charge is -2.27. The molecule has 0 radical (unpaired) electrons. The molecule has 23 heavy (non-hydrogen) atoms. The molecular formula is C14H14ClN3O4S. The van der Waals surface area contributed by atoms with Crippen LogP contribution in [0.1, 0.15) is 11.6 Å². The van der Waals surface area contributed by atoms with E-state index in [0.29, 0.717) is 5.56 Å². The average molecular weight is 356 g/mol. The number of nitrogens with two attached hydrogens (primary N) is 1. The molecule has 1 aromatic carbocycles. The van der Waals surface area contributed by atoms with Crippen molar-refractivity contribution in [2.24, 2.45) is 5.73 Å². The number of carboxylic acids is 1. The molecule has 122 valence electrons. The van der Waals surface area contributed by atoms with Gasteiger partial charge in [-0.3, -0.25) is 9.59 Å². The predicted molar refractivity (Wildman–Crippen MR) is 86.4 cm³/mol. The number of benzene rings is 1. The summed E-state index contributed by atoms with van der Waals surface area (Å²) < 4.78 is 0. The molecule has 0 bridgehead atoms. The molecule has 7 nitrogen and oxygen atoms in total. The topological polar surface area (TPSA) is 122 Å². The molecule has 1 heterocycles. The van der Waals surface area contributed by atoms with Crippen LogP contribution in [0.15, 0.2) is 40.8 Å². The second-order valence-corrected chi connectivity index (χ2v) is 6.13. The molecule has 0 saturated carbocycles. The SMILES string of the molecule is N[C@H](C(=O)NC(C(=O)O)C1NC(=O)C(Cl)=CS1)c1ccccc1. The summed E-state index contributed by atoms with van der Waals surface area (Å²) >= 11 is 6.63. The van der Waals surface area contributed by atoms with Crippen LogP contribution >= 0.6 is 23.4 Å². The predicted octanol–water partition coefficient (Wildman–Crippen LogP) is 0.525. The molecule has 0 fully saturated rings. The number of halogens is 1. The van der Waals surface area contributed by atoms with Crippen molar-refractivity contribution in [3.8, 4) is 0 Å². The van der Waals surface area contributed by atoms with Gasteiger partial charge in [0, 0.05) is 0 Å². The van der Waals surface area contributed by atoms with Gasteiger partial charge >= 0.3 is 5.97 Å². The number of thioether (sulfide) groups is 1. The summed E-state index contributed by atoms with van der Waals surface area (Å²) in [7, 11) is 0. The summed E-state index contributed by atoms with van der Waals surface area (Å²) in [4.78, 5) is 35.1. The highest BCUT2D eigenvalue weighted by molar-refractivity contribution is 8.03. The summed E-state index contributed by atoms with van der Waals surface area (Å²) in [5.41, 5.74) is 6.39. The molecule has 0 spiro atoms. The minimum atomic E-state index is -1.34. The summed E-state index contributed by atoms with van der Waals surface area (Å²) in [6.07, 6.45) is 0. The fourth-order valence-corrected chi connectivity index (χ4v) is 3.00. The molecule has 0 saturated heterocycles. The number of hydrogen-bond donors (Lipinski definition) is 4. The standard InChI is InChI=1S/C14H14ClN3O4S/c15-8-6-23-13(18-11(8)19)10(14(21)22)17-12(20)9(16)7-4-2-1-3-5-7/h1-6,9-10,13H,16H2,(H,17,20)(H,18,19)(H,21,22)/t9-,10?,13?/m0/s1. The summed E-state index contributed by atoms with van der Waals surface area (Å²) in [6, 6.07) is 6.20. The quantitative estimate of drug-likeness (QED) is 0.611. The molecule has 2 rings (SSSR count). The van der Waals surface area contributed by atoms with Crippen molar-refractivity contribution in [3.63, 3.8) is 0 Å². The van der Waals surface area contributed by atoms with Gasteiger partial charge in [-0.1, -0.05) is 41.9 Å². The molecule has 0 aliphatic carbocycles. The Bertz CT molecular complexity index is 653. The van der Waals surface area contributed by atoms with Gasteiger partial charge in [-0.15, -0.1) is 11.8 Å². The highest BCUT2D eigenvalue weighted by Gasteiger charge is 2.35. The number of carbonyl (C=O) groups is 3.